The van der Waals surface area contributed by atoms with E-state index in [1.165, 1.54) is 0 Å². The molecule has 0 bridgehead atoms. The van der Waals surface area contributed by atoms with E-state index in [0.717, 1.165) is 11.1 Å². The minimum atomic E-state index is -1.58. The Hall–Kier alpha value is -2.08. The van der Waals surface area contributed by atoms with Crippen molar-refractivity contribution in [3.8, 4) is 5.75 Å². The van der Waals surface area contributed by atoms with Crippen LogP contribution in [0.3, 0.4) is 0 Å². The molecule has 0 unspecified atom stereocenters. The maximum absolute atomic E-state index is 11.4. The average molecular weight is 281 g/mol. The van der Waals surface area contributed by atoms with Gasteiger partial charge in [-0.25, -0.2) is 4.79 Å². The van der Waals surface area contributed by atoms with Crippen LogP contribution in [0.25, 0.3) is 0 Å². The predicted octanol–water partition coefficient (Wildman–Crippen LogP) is 0.634. The quantitative estimate of drug-likeness (QED) is 0.681. The van der Waals surface area contributed by atoms with Crippen LogP contribution >= 0.6 is 0 Å². The molecule has 0 aromatic heterocycles. The van der Waals surface area contributed by atoms with Crippen LogP contribution in [0, 0.1) is 13.8 Å². The van der Waals surface area contributed by atoms with Crippen molar-refractivity contribution < 1.29 is 24.5 Å². The smallest absolute Gasteiger partial charge is 0.334 e. The second kappa shape index (κ2) is 7.49. The molecular weight excluding hydrogens is 262 g/mol. The number of ether oxygens (including phenoxy) is 1. The number of hydrogen-bond acceptors (Lipinski definition) is 4. The Morgan fingerprint density at radius 3 is 2.60 bits per heavy atom. The summed E-state index contributed by atoms with van der Waals surface area (Å²) in [4.78, 5) is 21.7. The van der Waals surface area contributed by atoms with Crippen molar-refractivity contribution in [3.05, 3.63) is 29.3 Å². The molecule has 6 heteroatoms. The molecule has 3 N–H and O–H groups in total. The molecule has 0 aliphatic heterocycles. The summed E-state index contributed by atoms with van der Waals surface area (Å²) in [6.07, 6.45) is -1.49. The normalized spacial score (nSPS) is 11.8. The second-order valence-corrected chi connectivity index (χ2v) is 4.50. The van der Waals surface area contributed by atoms with Crippen molar-refractivity contribution in [2.75, 3.05) is 13.2 Å². The Labute approximate surface area is 117 Å². The highest BCUT2D eigenvalue weighted by molar-refractivity contribution is 5.78. The Morgan fingerprint density at radius 1 is 1.30 bits per heavy atom. The summed E-state index contributed by atoms with van der Waals surface area (Å²) in [5, 5.41) is 19.8. The molecule has 1 aromatic carbocycles. The minimum absolute atomic E-state index is 0.0965. The molecule has 110 valence electrons. The number of nitrogens with one attached hydrogen (secondary N) is 1. The molecule has 20 heavy (non-hydrogen) atoms. The first-order valence-electron chi connectivity index (χ1n) is 6.27. The van der Waals surface area contributed by atoms with Gasteiger partial charge in [-0.1, -0.05) is 6.07 Å². The third-order valence-electron chi connectivity index (χ3n) is 2.85. The number of aliphatic hydroxyl groups excluding tert-OH is 1. The summed E-state index contributed by atoms with van der Waals surface area (Å²) in [6.45, 7) is 3.86. The monoisotopic (exact) mass is 281 g/mol. The second-order valence-electron chi connectivity index (χ2n) is 4.50. The SMILES string of the molecule is Cc1ccc(OCCC(=O)NC[C@H](O)C(=O)O)cc1C. The third kappa shape index (κ3) is 5.27. The molecule has 0 spiro atoms. The zero-order valence-electron chi connectivity index (χ0n) is 11.5. The number of rotatable bonds is 7. The van der Waals surface area contributed by atoms with E-state index in [9.17, 15) is 9.59 Å². The molecule has 0 aliphatic carbocycles. The molecule has 1 amide bonds. The van der Waals surface area contributed by atoms with Crippen molar-refractivity contribution >= 4 is 11.9 Å². The summed E-state index contributed by atoms with van der Waals surface area (Å²) < 4.78 is 5.43. The maximum Gasteiger partial charge on any atom is 0.334 e. The highest BCUT2D eigenvalue weighted by atomic mass is 16.5. The lowest BCUT2D eigenvalue weighted by molar-refractivity contribution is -0.146. The highest BCUT2D eigenvalue weighted by Crippen LogP contribution is 2.16. The largest absolute Gasteiger partial charge is 0.493 e. The Morgan fingerprint density at radius 2 is 2.00 bits per heavy atom. The zero-order valence-corrected chi connectivity index (χ0v) is 11.5. The van der Waals surface area contributed by atoms with Crippen LogP contribution in [0.4, 0.5) is 0 Å². The summed E-state index contributed by atoms with van der Waals surface area (Å²) >= 11 is 0. The standard InChI is InChI=1S/C14H19NO5/c1-9-3-4-11(7-10(9)2)20-6-5-13(17)15-8-12(16)14(18)19/h3-4,7,12,16H,5-6,8H2,1-2H3,(H,15,17)(H,18,19)/t12-/m0/s1. The number of hydrogen-bond donors (Lipinski definition) is 3. The van der Waals surface area contributed by atoms with E-state index in [4.69, 9.17) is 14.9 Å². The van der Waals surface area contributed by atoms with Gasteiger partial charge in [0.1, 0.15) is 5.75 Å². The van der Waals surface area contributed by atoms with Gasteiger partial charge >= 0.3 is 5.97 Å². The molecule has 1 aromatic rings. The summed E-state index contributed by atoms with van der Waals surface area (Å²) in [5.74, 6) is -1.04. The molecule has 1 atom stereocenters. The highest BCUT2D eigenvalue weighted by Gasteiger charge is 2.13. The number of aliphatic carboxylic acids is 1. The lowest BCUT2D eigenvalue weighted by atomic mass is 10.1. The molecule has 1 rings (SSSR count). The van der Waals surface area contributed by atoms with Gasteiger partial charge in [0.05, 0.1) is 19.6 Å². The Balaban J connectivity index is 2.28. The summed E-state index contributed by atoms with van der Waals surface area (Å²) in [6, 6.07) is 5.66. The number of aliphatic hydroxyl groups is 1. The molecule has 0 heterocycles. The van der Waals surface area contributed by atoms with Gasteiger partial charge in [-0.15, -0.1) is 0 Å². The first-order valence-corrected chi connectivity index (χ1v) is 6.27. The minimum Gasteiger partial charge on any atom is -0.493 e. The predicted molar refractivity (Wildman–Crippen MR) is 72.7 cm³/mol. The number of amides is 1. The number of carbonyl (C=O) groups excluding carboxylic acids is 1. The average Bonchev–Trinajstić information content (AvgIpc) is 2.40. The van der Waals surface area contributed by atoms with E-state index in [0.29, 0.717) is 5.75 Å². The summed E-state index contributed by atoms with van der Waals surface area (Å²) in [7, 11) is 0. The van der Waals surface area contributed by atoms with Crippen molar-refractivity contribution in [1.29, 1.82) is 0 Å². The van der Waals surface area contributed by atoms with Crippen LogP contribution in [0.15, 0.2) is 18.2 Å². The van der Waals surface area contributed by atoms with Gasteiger partial charge in [0.15, 0.2) is 6.10 Å². The Kier molecular flexibility index (Phi) is 5.99. The fourth-order valence-corrected chi connectivity index (χ4v) is 1.45. The van der Waals surface area contributed by atoms with Crippen molar-refractivity contribution in [2.24, 2.45) is 0 Å². The van der Waals surface area contributed by atoms with E-state index < -0.39 is 12.1 Å². The zero-order chi connectivity index (χ0) is 15.1. The van der Waals surface area contributed by atoms with Gasteiger partial charge in [0.25, 0.3) is 0 Å². The number of carboxylic acid groups (broad SMARTS) is 1. The lowest BCUT2D eigenvalue weighted by Gasteiger charge is -2.10. The third-order valence-corrected chi connectivity index (χ3v) is 2.85. The van der Waals surface area contributed by atoms with Crippen LogP contribution in [0.2, 0.25) is 0 Å². The van der Waals surface area contributed by atoms with Crippen LogP contribution in [-0.4, -0.2) is 41.3 Å². The van der Waals surface area contributed by atoms with E-state index in [-0.39, 0.29) is 25.5 Å². The van der Waals surface area contributed by atoms with Gasteiger partial charge in [0.2, 0.25) is 5.91 Å². The number of aryl methyl sites for hydroxylation is 2. The first kappa shape index (κ1) is 16.0. The van der Waals surface area contributed by atoms with E-state index in [1.807, 2.05) is 32.0 Å². The van der Waals surface area contributed by atoms with E-state index >= 15 is 0 Å². The van der Waals surface area contributed by atoms with Crippen molar-refractivity contribution in [1.82, 2.24) is 5.32 Å². The topological polar surface area (TPSA) is 95.9 Å². The lowest BCUT2D eigenvalue weighted by Crippen LogP contribution is -2.36. The van der Waals surface area contributed by atoms with Crippen molar-refractivity contribution in [2.45, 2.75) is 26.4 Å². The van der Waals surface area contributed by atoms with Gasteiger partial charge in [-0.3, -0.25) is 4.79 Å². The number of benzene rings is 1. The summed E-state index contributed by atoms with van der Waals surface area (Å²) in [5.41, 5.74) is 2.27. The van der Waals surface area contributed by atoms with Gasteiger partial charge in [-0.05, 0) is 37.1 Å². The molecule has 0 saturated carbocycles. The fraction of sp³-hybridized carbons (Fsp3) is 0.429. The van der Waals surface area contributed by atoms with Crippen molar-refractivity contribution in [3.63, 3.8) is 0 Å². The van der Waals surface area contributed by atoms with Crippen LogP contribution in [-0.2, 0) is 9.59 Å². The van der Waals surface area contributed by atoms with Gasteiger partial charge < -0.3 is 20.3 Å². The van der Waals surface area contributed by atoms with Gasteiger partial charge in [-0.2, -0.15) is 0 Å². The molecule has 6 nitrogen and oxygen atoms in total. The molecule has 0 fully saturated rings. The molecule has 0 radical (unpaired) electrons. The van der Waals surface area contributed by atoms with E-state index in [2.05, 4.69) is 5.32 Å². The number of carboxylic acids is 1. The number of carbonyl (C=O) groups is 2. The van der Waals surface area contributed by atoms with Crippen LogP contribution in [0.1, 0.15) is 17.5 Å². The van der Waals surface area contributed by atoms with Crippen LogP contribution < -0.4 is 10.1 Å². The molecule has 0 saturated heterocycles. The fourth-order valence-electron chi connectivity index (χ4n) is 1.45. The molecular formula is C14H19NO5. The van der Waals surface area contributed by atoms with Gasteiger partial charge in [0, 0.05) is 0 Å². The van der Waals surface area contributed by atoms with Crippen LogP contribution in [0.5, 0.6) is 5.75 Å². The van der Waals surface area contributed by atoms with E-state index in [1.54, 1.807) is 0 Å². The maximum atomic E-state index is 11.4. The molecule has 0 aliphatic rings. The Bertz CT molecular complexity index is 486. The first-order chi connectivity index (χ1) is 9.40.